The van der Waals surface area contributed by atoms with Crippen LogP contribution in [0.4, 0.5) is 5.69 Å². The van der Waals surface area contributed by atoms with Crippen molar-refractivity contribution < 1.29 is 14.7 Å². The zero-order valence-electron chi connectivity index (χ0n) is 10.4. The number of carbonyl (C=O) groups excluding carboxylic acids is 1. The second-order valence-electron chi connectivity index (χ2n) is 4.47. The topological polar surface area (TPSA) is 84.6 Å². The van der Waals surface area contributed by atoms with Crippen LogP contribution in [0.25, 0.3) is 0 Å². The van der Waals surface area contributed by atoms with Crippen molar-refractivity contribution in [3.63, 3.8) is 0 Å². The van der Waals surface area contributed by atoms with Gasteiger partial charge in [-0.15, -0.1) is 0 Å². The summed E-state index contributed by atoms with van der Waals surface area (Å²) in [6, 6.07) is 7.41. The van der Waals surface area contributed by atoms with E-state index in [1.54, 1.807) is 36.2 Å². The fraction of sp³-hybridized carbons (Fsp3) is 0.308. The number of aliphatic carboxylic acids is 1. The van der Waals surface area contributed by atoms with Crippen LogP contribution in [0.2, 0.25) is 0 Å². The van der Waals surface area contributed by atoms with Gasteiger partial charge in [0.25, 0.3) is 0 Å². The molecule has 0 bridgehead atoms. The molecular weight excluding hydrogens is 246 g/mol. The molecule has 1 aliphatic heterocycles. The minimum absolute atomic E-state index is 0.184. The Bertz CT molecular complexity index is 547. The van der Waals surface area contributed by atoms with E-state index in [-0.39, 0.29) is 19.0 Å². The highest BCUT2D eigenvalue weighted by Gasteiger charge is 2.36. The van der Waals surface area contributed by atoms with Gasteiger partial charge in [-0.3, -0.25) is 14.6 Å². The van der Waals surface area contributed by atoms with Gasteiger partial charge >= 0.3 is 5.97 Å². The van der Waals surface area contributed by atoms with Gasteiger partial charge in [0, 0.05) is 12.2 Å². The summed E-state index contributed by atoms with van der Waals surface area (Å²) in [7, 11) is 1.71. The summed E-state index contributed by atoms with van der Waals surface area (Å²) >= 11 is 0. The lowest BCUT2D eigenvalue weighted by atomic mass is 10.1. The molecule has 2 rings (SSSR count). The molecular formula is C13H13N3O3. The van der Waals surface area contributed by atoms with Crippen LogP contribution in [-0.4, -0.2) is 48.1 Å². The molecule has 1 N–H and O–H groups in total. The van der Waals surface area contributed by atoms with Crippen molar-refractivity contribution in [2.45, 2.75) is 6.04 Å². The molecule has 1 unspecified atom stereocenters. The summed E-state index contributed by atoms with van der Waals surface area (Å²) in [4.78, 5) is 26.3. The number of nitrogens with zero attached hydrogens (tertiary/aromatic N) is 3. The fourth-order valence-corrected chi connectivity index (χ4v) is 2.13. The molecule has 6 heteroatoms. The van der Waals surface area contributed by atoms with E-state index < -0.39 is 12.0 Å². The summed E-state index contributed by atoms with van der Waals surface area (Å²) in [5.41, 5.74) is 0.974. The molecule has 0 radical (unpaired) electrons. The maximum Gasteiger partial charge on any atom is 0.328 e. The second-order valence-corrected chi connectivity index (χ2v) is 4.47. The van der Waals surface area contributed by atoms with E-state index in [1.807, 2.05) is 6.07 Å². The van der Waals surface area contributed by atoms with E-state index in [0.29, 0.717) is 11.3 Å². The Morgan fingerprint density at radius 2 is 2.05 bits per heavy atom. The van der Waals surface area contributed by atoms with Crippen molar-refractivity contribution in [2.24, 2.45) is 0 Å². The van der Waals surface area contributed by atoms with Crippen molar-refractivity contribution in [3.05, 3.63) is 29.8 Å². The van der Waals surface area contributed by atoms with Crippen LogP contribution in [0.3, 0.4) is 0 Å². The zero-order valence-corrected chi connectivity index (χ0v) is 10.4. The first-order valence-corrected chi connectivity index (χ1v) is 5.76. The Labute approximate surface area is 110 Å². The Hall–Kier alpha value is -2.39. The highest BCUT2D eigenvalue weighted by Crippen LogP contribution is 2.21. The third kappa shape index (κ3) is 2.56. The standard InChI is InChI=1S/C13H13N3O3/c1-15-7-11(13(18)19)16(12(17)8-15)10-4-2-9(6-14)3-5-10/h2-5,11H,7-8H2,1H3,(H,18,19). The molecule has 1 fully saturated rings. The molecule has 1 amide bonds. The van der Waals surface area contributed by atoms with Gasteiger partial charge in [0.1, 0.15) is 6.04 Å². The van der Waals surface area contributed by atoms with E-state index in [1.165, 1.54) is 4.90 Å². The first-order chi connectivity index (χ1) is 9.02. The third-order valence-electron chi connectivity index (χ3n) is 3.03. The number of carbonyl (C=O) groups is 2. The molecule has 0 saturated carbocycles. The summed E-state index contributed by atoms with van der Waals surface area (Å²) in [6.07, 6.45) is 0. The molecule has 0 aromatic heterocycles. The zero-order chi connectivity index (χ0) is 14.0. The van der Waals surface area contributed by atoms with E-state index in [4.69, 9.17) is 5.26 Å². The lowest BCUT2D eigenvalue weighted by Gasteiger charge is -2.37. The van der Waals surface area contributed by atoms with E-state index in [0.717, 1.165) is 0 Å². The largest absolute Gasteiger partial charge is 0.480 e. The average molecular weight is 259 g/mol. The highest BCUT2D eigenvalue weighted by molar-refractivity contribution is 6.01. The van der Waals surface area contributed by atoms with Crippen molar-refractivity contribution >= 4 is 17.6 Å². The van der Waals surface area contributed by atoms with Gasteiger partial charge in [-0.05, 0) is 31.3 Å². The van der Waals surface area contributed by atoms with Crippen molar-refractivity contribution in [1.82, 2.24) is 4.90 Å². The number of piperazine rings is 1. The number of hydrogen-bond donors (Lipinski definition) is 1. The lowest BCUT2D eigenvalue weighted by molar-refractivity contribution is -0.142. The molecule has 1 aromatic rings. The number of benzene rings is 1. The number of likely N-dealkylation sites (N-methyl/N-ethyl adjacent to an activating group) is 1. The summed E-state index contributed by atoms with van der Waals surface area (Å²) in [6.45, 7) is 0.463. The van der Waals surface area contributed by atoms with Crippen LogP contribution in [0.1, 0.15) is 5.56 Å². The predicted molar refractivity (Wildman–Crippen MR) is 67.6 cm³/mol. The number of nitriles is 1. The molecule has 6 nitrogen and oxygen atoms in total. The molecule has 0 aliphatic carbocycles. The van der Waals surface area contributed by atoms with Crippen molar-refractivity contribution in [3.8, 4) is 6.07 Å². The van der Waals surface area contributed by atoms with Gasteiger partial charge in [0.15, 0.2) is 0 Å². The minimum Gasteiger partial charge on any atom is -0.480 e. The molecule has 0 spiro atoms. The smallest absolute Gasteiger partial charge is 0.328 e. The van der Waals surface area contributed by atoms with Gasteiger partial charge in [0.2, 0.25) is 5.91 Å². The number of amides is 1. The van der Waals surface area contributed by atoms with Crippen LogP contribution in [0, 0.1) is 11.3 Å². The molecule has 1 aromatic carbocycles. The minimum atomic E-state index is -1.04. The first kappa shape index (κ1) is 13.1. The van der Waals surface area contributed by atoms with Gasteiger partial charge in [-0.25, -0.2) is 4.79 Å². The quantitative estimate of drug-likeness (QED) is 0.825. The molecule has 1 atom stereocenters. The Morgan fingerprint density at radius 1 is 1.42 bits per heavy atom. The van der Waals surface area contributed by atoms with Crippen molar-refractivity contribution in [1.29, 1.82) is 5.26 Å². The number of hydrogen-bond acceptors (Lipinski definition) is 4. The number of anilines is 1. The normalized spacial score (nSPS) is 20.1. The lowest BCUT2D eigenvalue weighted by Crippen LogP contribution is -2.58. The van der Waals surface area contributed by atoms with E-state index >= 15 is 0 Å². The van der Waals surface area contributed by atoms with E-state index in [9.17, 15) is 14.7 Å². The maximum atomic E-state index is 12.0. The fourth-order valence-electron chi connectivity index (χ4n) is 2.13. The van der Waals surface area contributed by atoms with Crippen LogP contribution in [0.5, 0.6) is 0 Å². The predicted octanol–water partition coefficient (Wildman–Crippen LogP) is 0.290. The number of carboxylic acid groups (broad SMARTS) is 1. The van der Waals surface area contributed by atoms with Crippen LogP contribution < -0.4 is 4.90 Å². The summed E-state index contributed by atoms with van der Waals surface area (Å²) < 4.78 is 0. The Kier molecular flexibility index (Phi) is 3.49. The molecule has 19 heavy (non-hydrogen) atoms. The first-order valence-electron chi connectivity index (χ1n) is 5.76. The third-order valence-corrected chi connectivity index (χ3v) is 3.03. The van der Waals surface area contributed by atoms with Gasteiger partial charge in [0.05, 0.1) is 18.2 Å². The average Bonchev–Trinajstić information content (AvgIpc) is 2.38. The highest BCUT2D eigenvalue weighted by atomic mass is 16.4. The van der Waals surface area contributed by atoms with Crippen LogP contribution in [-0.2, 0) is 9.59 Å². The SMILES string of the molecule is CN1CC(=O)N(c2ccc(C#N)cc2)C(C(=O)O)C1. The maximum absolute atomic E-state index is 12.0. The van der Waals surface area contributed by atoms with Crippen molar-refractivity contribution in [2.75, 3.05) is 25.0 Å². The summed E-state index contributed by atoms with van der Waals surface area (Å²) in [5.74, 6) is -1.30. The monoisotopic (exact) mass is 259 g/mol. The number of rotatable bonds is 2. The second kappa shape index (κ2) is 5.08. The van der Waals surface area contributed by atoms with Gasteiger partial charge in [-0.2, -0.15) is 5.26 Å². The summed E-state index contributed by atoms with van der Waals surface area (Å²) in [5, 5.41) is 18.0. The van der Waals surface area contributed by atoms with E-state index in [2.05, 4.69) is 0 Å². The molecule has 1 aliphatic rings. The molecule has 1 saturated heterocycles. The number of carboxylic acids is 1. The van der Waals surface area contributed by atoms with Gasteiger partial charge < -0.3 is 5.11 Å². The van der Waals surface area contributed by atoms with Crippen LogP contribution in [0.15, 0.2) is 24.3 Å². The Morgan fingerprint density at radius 3 is 2.58 bits per heavy atom. The molecule has 98 valence electrons. The molecule has 1 heterocycles. The van der Waals surface area contributed by atoms with Crippen LogP contribution >= 0.6 is 0 Å². The Balaban J connectivity index is 2.35. The van der Waals surface area contributed by atoms with Gasteiger partial charge in [-0.1, -0.05) is 0 Å².